The molecule has 0 saturated heterocycles. The fourth-order valence-electron chi connectivity index (χ4n) is 2.81. The number of nitrogens with one attached hydrogen (secondary N) is 1. The molecule has 0 heterocycles. The minimum atomic E-state index is -0.0149. The van der Waals surface area contributed by atoms with Gasteiger partial charge in [-0.1, -0.05) is 19.1 Å². The maximum Gasteiger partial charge on any atom is 0.126 e. The molecule has 1 N–H and O–H groups in total. The number of rotatable bonds is 3. The van der Waals surface area contributed by atoms with Crippen LogP contribution in [0.5, 0.6) is 0 Å². The van der Waals surface area contributed by atoms with Crippen molar-refractivity contribution < 1.29 is 4.39 Å². The Labute approximate surface area is 97.1 Å². The first-order valence-corrected chi connectivity index (χ1v) is 6.16. The lowest BCUT2D eigenvalue weighted by Crippen LogP contribution is -2.23. The third-order valence-electron chi connectivity index (χ3n) is 3.80. The first-order chi connectivity index (χ1) is 7.74. The molecule has 1 nitrogen and oxygen atoms in total. The number of hydrogen-bond acceptors (Lipinski definition) is 1. The van der Waals surface area contributed by atoms with Crippen molar-refractivity contribution in [3.63, 3.8) is 0 Å². The third-order valence-corrected chi connectivity index (χ3v) is 3.80. The van der Waals surface area contributed by atoms with Gasteiger partial charge in [-0.2, -0.15) is 0 Å². The lowest BCUT2D eigenvalue weighted by atomic mass is 9.74. The average Bonchev–Trinajstić information content (AvgIpc) is 2.28. The molecule has 0 bridgehead atoms. The molecular weight excluding hydrogens is 201 g/mol. The van der Waals surface area contributed by atoms with Crippen LogP contribution in [-0.4, -0.2) is 13.6 Å². The second-order valence-electron chi connectivity index (χ2n) is 4.82. The Morgan fingerprint density at radius 3 is 3.00 bits per heavy atom. The van der Waals surface area contributed by atoms with Gasteiger partial charge in [-0.05, 0) is 61.9 Å². The molecule has 0 aromatic heterocycles. The van der Waals surface area contributed by atoms with Gasteiger partial charge in [-0.15, -0.1) is 0 Å². The molecule has 1 aromatic carbocycles. The van der Waals surface area contributed by atoms with Crippen molar-refractivity contribution in [1.29, 1.82) is 0 Å². The van der Waals surface area contributed by atoms with Gasteiger partial charge < -0.3 is 5.32 Å². The molecule has 0 spiro atoms. The highest BCUT2D eigenvalue weighted by molar-refractivity contribution is 5.34. The molecule has 1 aliphatic rings. The van der Waals surface area contributed by atoms with Gasteiger partial charge in [0.2, 0.25) is 0 Å². The van der Waals surface area contributed by atoms with Crippen LogP contribution in [0.3, 0.4) is 0 Å². The molecule has 2 atom stereocenters. The van der Waals surface area contributed by atoms with E-state index in [1.807, 2.05) is 13.1 Å². The highest BCUT2D eigenvalue weighted by Gasteiger charge is 2.27. The van der Waals surface area contributed by atoms with E-state index in [-0.39, 0.29) is 5.82 Å². The highest BCUT2D eigenvalue weighted by Crippen LogP contribution is 2.38. The Kier molecular flexibility index (Phi) is 3.59. The molecule has 0 radical (unpaired) electrons. The second kappa shape index (κ2) is 4.96. The SMILES string of the molecule is CNCCC1c2cccc(F)c2CCC1C. The molecule has 16 heavy (non-hydrogen) atoms. The van der Waals surface area contributed by atoms with E-state index in [4.69, 9.17) is 0 Å². The Morgan fingerprint density at radius 1 is 1.44 bits per heavy atom. The number of hydrogen-bond donors (Lipinski definition) is 1. The van der Waals surface area contributed by atoms with Gasteiger partial charge in [0, 0.05) is 0 Å². The normalized spacial score (nSPS) is 24.2. The summed E-state index contributed by atoms with van der Waals surface area (Å²) in [4.78, 5) is 0. The van der Waals surface area contributed by atoms with Gasteiger partial charge >= 0.3 is 0 Å². The first-order valence-electron chi connectivity index (χ1n) is 6.16. The molecule has 88 valence electrons. The minimum absolute atomic E-state index is 0.0149. The highest BCUT2D eigenvalue weighted by atomic mass is 19.1. The monoisotopic (exact) mass is 221 g/mol. The summed E-state index contributed by atoms with van der Waals surface area (Å²) in [5, 5.41) is 3.19. The van der Waals surface area contributed by atoms with Crippen LogP contribution < -0.4 is 5.32 Å². The van der Waals surface area contributed by atoms with Crippen LogP contribution in [0.1, 0.15) is 36.8 Å². The van der Waals surface area contributed by atoms with Crippen molar-refractivity contribution in [3.05, 3.63) is 35.1 Å². The minimum Gasteiger partial charge on any atom is -0.320 e. The maximum atomic E-state index is 13.7. The predicted octanol–water partition coefficient (Wildman–Crippen LogP) is 3.10. The quantitative estimate of drug-likeness (QED) is 0.827. The fraction of sp³-hybridized carbons (Fsp3) is 0.571. The standard InChI is InChI=1S/C14H20FN/c1-10-6-7-13-12(4-3-5-14(13)15)11(10)8-9-16-2/h3-5,10-11,16H,6-9H2,1-2H3. The summed E-state index contributed by atoms with van der Waals surface area (Å²) in [5.74, 6) is 1.17. The summed E-state index contributed by atoms with van der Waals surface area (Å²) in [6.07, 6.45) is 3.12. The number of halogens is 1. The van der Waals surface area contributed by atoms with Crippen LogP contribution in [0.25, 0.3) is 0 Å². The van der Waals surface area contributed by atoms with E-state index in [1.54, 1.807) is 6.07 Å². The molecule has 0 amide bonds. The van der Waals surface area contributed by atoms with E-state index in [0.717, 1.165) is 31.4 Å². The zero-order valence-corrected chi connectivity index (χ0v) is 10.1. The van der Waals surface area contributed by atoms with E-state index in [1.165, 1.54) is 5.56 Å². The van der Waals surface area contributed by atoms with Crippen molar-refractivity contribution >= 4 is 0 Å². The molecule has 2 unspecified atom stereocenters. The topological polar surface area (TPSA) is 12.0 Å². The van der Waals surface area contributed by atoms with E-state index >= 15 is 0 Å². The molecule has 2 heteroatoms. The molecule has 0 fully saturated rings. The largest absolute Gasteiger partial charge is 0.320 e. The van der Waals surface area contributed by atoms with Crippen molar-refractivity contribution in [2.75, 3.05) is 13.6 Å². The van der Waals surface area contributed by atoms with Gasteiger partial charge in [0.05, 0.1) is 0 Å². The second-order valence-corrected chi connectivity index (χ2v) is 4.82. The smallest absolute Gasteiger partial charge is 0.126 e. The summed E-state index contributed by atoms with van der Waals surface area (Å²) in [7, 11) is 1.97. The average molecular weight is 221 g/mol. The summed E-state index contributed by atoms with van der Waals surface area (Å²) >= 11 is 0. The predicted molar refractivity (Wildman–Crippen MR) is 65.2 cm³/mol. The zero-order valence-electron chi connectivity index (χ0n) is 10.1. The third kappa shape index (κ3) is 2.12. The first kappa shape index (κ1) is 11.6. The Morgan fingerprint density at radius 2 is 2.25 bits per heavy atom. The Bertz CT molecular complexity index is 362. The lowest BCUT2D eigenvalue weighted by molar-refractivity contribution is 0.374. The number of benzene rings is 1. The number of fused-ring (bicyclic) bond motifs is 1. The molecule has 2 rings (SSSR count). The maximum absolute atomic E-state index is 13.7. The Hall–Kier alpha value is -0.890. The van der Waals surface area contributed by atoms with E-state index in [0.29, 0.717) is 11.8 Å². The zero-order chi connectivity index (χ0) is 11.5. The van der Waals surface area contributed by atoms with Crippen molar-refractivity contribution in [3.8, 4) is 0 Å². The molecule has 1 aliphatic carbocycles. The van der Waals surface area contributed by atoms with Gasteiger partial charge in [0.1, 0.15) is 5.82 Å². The van der Waals surface area contributed by atoms with E-state index < -0.39 is 0 Å². The van der Waals surface area contributed by atoms with Crippen LogP contribution in [0.15, 0.2) is 18.2 Å². The van der Waals surface area contributed by atoms with E-state index in [9.17, 15) is 4.39 Å². The molecule has 1 aromatic rings. The van der Waals surface area contributed by atoms with Crippen LogP contribution in [0.2, 0.25) is 0 Å². The molecule has 0 saturated carbocycles. The Balaban J connectivity index is 2.29. The summed E-state index contributed by atoms with van der Waals surface area (Å²) in [6, 6.07) is 5.54. The summed E-state index contributed by atoms with van der Waals surface area (Å²) < 4.78 is 13.7. The summed E-state index contributed by atoms with van der Waals surface area (Å²) in [5.41, 5.74) is 2.20. The van der Waals surface area contributed by atoms with Gasteiger partial charge in [0.25, 0.3) is 0 Å². The van der Waals surface area contributed by atoms with Gasteiger partial charge in [-0.25, -0.2) is 4.39 Å². The van der Waals surface area contributed by atoms with E-state index in [2.05, 4.69) is 18.3 Å². The van der Waals surface area contributed by atoms with Crippen molar-refractivity contribution in [2.45, 2.75) is 32.1 Å². The lowest BCUT2D eigenvalue weighted by Gasteiger charge is -2.31. The van der Waals surface area contributed by atoms with Crippen molar-refractivity contribution in [1.82, 2.24) is 5.32 Å². The molecular formula is C14H20FN. The summed E-state index contributed by atoms with van der Waals surface area (Å²) in [6.45, 7) is 3.29. The van der Waals surface area contributed by atoms with Crippen molar-refractivity contribution in [2.24, 2.45) is 5.92 Å². The van der Waals surface area contributed by atoms with Crippen LogP contribution >= 0.6 is 0 Å². The van der Waals surface area contributed by atoms with Crippen LogP contribution in [0.4, 0.5) is 4.39 Å². The molecule has 0 aliphatic heterocycles. The fourth-order valence-corrected chi connectivity index (χ4v) is 2.81. The van der Waals surface area contributed by atoms with Crippen LogP contribution in [0, 0.1) is 11.7 Å². The van der Waals surface area contributed by atoms with Gasteiger partial charge in [0.15, 0.2) is 0 Å². The van der Waals surface area contributed by atoms with Gasteiger partial charge in [-0.3, -0.25) is 0 Å². The van der Waals surface area contributed by atoms with Crippen LogP contribution in [-0.2, 0) is 6.42 Å².